The van der Waals surface area contributed by atoms with E-state index in [2.05, 4.69) is 0 Å². The van der Waals surface area contributed by atoms with E-state index in [0.717, 1.165) is 33.3 Å². The summed E-state index contributed by atoms with van der Waals surface area (Å²) in [6.45, 7) is 4.00. The number of ether oxygens (including phenoxy) is 2. The van der Waals surface area contributed by atoms with Crippen molar-refractivity contribution < 1.29 is 14.3 Å². The first-order valence-electron chi connectivity index (χ1n) is 7.72. The lowest BCUT2D eigenvalue weighted by atomic mass is 9.91. The lowest BCUT2D eigenvalue weighted by Gasteiger charge is -2.23. The van der Waals surface area contributed by atoms with Crippen molar-refractivity contribution in [2.75, 3.05) is 20.0 Å². The van der Waals surface area contributed by atoms with Crippen molar-refractivity contribution in [3.63, 3.8) is 0 Å². The van der Waals surface area contributed by atoms with Crippen molar-refractivity contribution in [1.29, 1.82) is 0 Å². The van der Waals surface area contributed by atoms with Crippen LogP contribution in [0.15, 0.2) is 47.4 Å². The van der Waals surface area contributed by atoms with Gasteiger partial charge in [0, 0.05) is 16.2 Å². The van der Waals surface area contributed by atoms with Crippen LogP contribution in [-0.4, -0.2) is 25.8 Å². The van der Waals surface area contributed by atoms with E-state index in [0.29, 0.717) is 0 Å². The normalized spacial score (nSPS) is 16.0. The minimum atomic E-state index is -0.0956. The molecule has 23 heavy (non-hydrogen) atoms. The molecule has 0 fully saturated rings. The van der Waals surface area contributed by atoms with Gasteiger partial charge in [0.15, 0.2) is 5.78 Å². The molecule has 3 rings (SSSR count). The van der Waals surface area contributed by atoms with E-state index >= 15 is 0 Å². The summed E-state index contributed by atoms with van der Waals surface area (Å²) in [6.07, 6.45) is 0. The zero-order chi connectivity index (χ0) is 16.8. The second kappa shape index (κ2) is 8.06. The number of carbonyl (C=O) groups excluding carboxylic acids is 1. The molecule has 0 saturated carbocycles. The first-order chi connectivity index (χ1) is 11.2. The Bertz CT molecular complexity index is 665. The summed E-state index contributed by atoms with van der Waals surface area (Å²) < 4.78 is 10.4. The number of Topliss-reactive ketones (excluding diaryl/α,β-unsaturated/α-hetero) is 1. The van der Waals surface area contributed by atoms with Crippen LogP contribution in [0.2, 0.25) is 0 Å². The minimum Gasteiger partial charge on any atom is -0.497 e. The van der Waals surface area contributed by atoms with Gasteiger partial charge in [-0.05, 0) is 35.9 Å². The number of ketones is 1. The summed E-state index contributed by atoms with van der Waals surface area (Å²) in [7, 11) is 3.28. The molecule has 0 spiro atoms. The maximum Gasteiger partial charge on any atom is 0.172 e. The number of carbonyl (C=O) groups is 1. The average Bonchev–Trinajstić information content (AvgIpc) is 2.63. The number of fused-ring (bicyclic) bond motifs is 1. The molecule has 0 N–H and O–H groups in total. The fraction of sp³-hybridized carbons (Fsp3) is 0.316. The molecule has 1 atom stereocenters. The van der Waals surface area contributed by atoms with Gasteiger partial charge >= 0.3 is 0 Å². The molecule has 0 saturated heterocycles. The smallest absolute Gasteiger partial charge is 0.172 e. The van der Waals surface area contributed by atoms with Crippen LogP contribution < -0.4 is 9.47 Å². The Morgan fingerprint density at radius 3 is 2.17 bits per heavy atom. The van der Waals surface area contributed by atoms with E-state index in [1.165, 1.54) is 0 Å². The molecular formula is C19H22O3S. The van der Waals surface area contributed by atoms with Crippen LogP contribution in [0, 0.1) is 0 Å². The summed E-state index contributed by atoms with van der Waals surface area (Å²) in [5, 5.41) is 0. The third-order valence-electron chi connectivity index (χ3n) is 3.69. The Kier molecular flexibility index (Phi) is 6.11. The number of thioether (sulfide) groups is 1. The van der Waals surface area contributed by atoms with Gasteiger partial charge in [-0.25, -0.2) is 0 Å². The lowest BCUT2D eigenvalue weighted by molar-refractivity contribution is 0.0962. The first kappa shape index (κ1) is 17.4. The highest BCUT2D eigenvalue weighted by Gasteiger charge is 2.29. The Balaban J connectivity index is 0.000000924. The van der Waals surface area contributed by atoms with Gasteiger partial charge in [-0.15, -0.1) is 11.8 Å². The summed E-state index contributed by atoms with van der Waals surface area (Å²) in [4.78, 5) is 13.7. The van der Waals surface area contributed by atoms with E-state index in [1.807, 2.05) is 56.3 Å². The van der Waals surface area contributed by atoms with Crippen molar-refractivity contribution in [3.8, 4) is 11.5 Å². The second-order valence-corrected chi connectivity index (χ2v) is 5.92. The summed E-state index contributed by atoms with van der Waals surface area (Å²) in [6, 6.07) is 13.4. The van der Waals surface area contributed by atoms with Crippen LogP contribution in [0.5, 0.6) is 11.5 Å². The molecule has 0 radical (unpaired) electrons. The fourth-order valence-corrected chi connectivity index (χ4v) is 3.69. The van der Waals surface area contributed by atoms with Crippen molar-refractivity contribution in [2.24, 2.45) is 0 Å². The summed E-state index contributed by atoms with van der Waals surface area (Å²) >= 11 is 1.70. The Morgan fingerprint density at radius 1 is 0.957 bits per heavy atom. The third kappa shape index (κ3) is 3.70. The predicted octanol–water partition coefficient (Wildman–Crippen LogP) is 4.80. The molecule has 4 heteroatoms. The van der Waals surface area contributed by atoms with Gasteiger partial charge in [-0.2, -0.15) is 0 Å². The van der Waals surface area contributed by atoms with E-state index < -0.39 is 0 Å². The fourth-order valence-electron chi connectivity index (χ4n) is 2.47. The van der Waals surface area contributed by atoms with Crippen LogP contribution in [0.1, 0.15) is 35.7 Å². The van der Waals surface area contributed by atoms with Gasteiger partial charge in [0.1, 0.15) is 11.5 Å². The largest absolute Gasteiger partial charge is 0.497 e. The van der Waals surface area contributed by atoms with Gasteiger partial charge in [-0.3, -0.25) is 4.79 Å². The number of benzene rings is 2. The molecule has 1 unspecified atom stereocenters. The Hall–Kier alpha value is -1.94. The molecule has 1 aliphatic heterocycles. The molecule has 2 aromatic carbocycles. The zero-order valence-corrected chi connectivity index (χ0v) is 14.8. The monoisotopic (exact) mass is 330 g/mol. The highest BCUT2D eigenvalue weighted by Crippen LogP contribution is 2.39. The van der Waals surface area contributed by atoms with E-state index in [1.54, 1.807) is 26.0 Å². The van der Waals surface area contributed by atoms with Gasteiger partial charge in [-0.1, -0.05) is 26.0 Å². The highest BCUT2D eigenvalue weighted by molar-refractivity contribution is 7.99. The van der Waals surface area contributed by atoms with E-state index in [9.17, 15) is 4.79 Å². The number of methoxy groups -OCH3 is 2. The number of rotatable bonds is 3. The Labute approximate surface area is 142 Å². The predicted molar refractivity (Wildman–Crippen MR) is 95.1 cm³/mol. The van der Waals surface area contributed by atoms with Gasteiger partial charge < -0.3 is 9.47 Å². The number of hydrogen-bond acceptors (Lipinski definition) is 4. The van der Waals surface area contributed by atoms with Crippen LogP contribution in [-0.2, 0) is 0 Å². The maximum absolute atomic E-state index is 12.7. The van der Waals surface area contributed by atoms with Crippen molar-refractivity contribution in [1.82, 2.24) is 0 Å². The Morgan fingerprint density at radius 2 is 1.57 bits per heavy atom. The standard InChI is InChI=1S/C17H16O3S.C2H6/c1-19-12-5-3-11(4-6-12)15-10-21-16-9-13(20-2)7-8-14(16)17(15)18;1-2/h3-9,15H,10H2,1-2H3;1-2H3. The molecular weight excluding hydrogens is 308 g/mol. The summed E-state index contributed by atoms with van der Waals surface area (Å²) in [5.41, 5.74) is 1.82. The van der Waals surface area contributed by atoms with Gasteiger partial charge in [0.2, 0.25) is 0 Å². The third-order valence-corrected chi connectivity index (χ3v) is 4.84. The van der Waals surface area contributed by atoms with E-state index in [4.69, 9.17) is 9.47 Å². The van der Waals surface area contributed by atoms with Gasteiger partial charge in [0.05, 0.1) is 20.1 Å². The van der Waals surface area contributed by atoms with Gasteiger partial charge in [0.25, 0.3) is 0 Å². The minimum absolute atomic E-state index is 0.0956. The quantitative estimate of drug-likeness (QED) is 0.809. The summed E-state index contributed by atoms with van der Waals surface area (Å²) in [5.74, 6) is 2.43. The molecule has 0 amide bonds. The second-order valence-electron chi connectivity index (χ2n) is 4.86. The molecule has 1 heterocycles. The van der Waals surface area contributed by atoms with Crippen LogP contribution in [0.4, 0.5) is 0 Å². The average molecular weight is 330 g/mol. The molecule has 0 aliphatic carbocycles. The maximum atomic E-state index is 12.7. The molecule has 2 aromatic rings. The van der Waals surface area contributed by atoms with Crippen molar-refractivity contribution >= 4 is 17.5 Å². The van der Waals surface area contributed by atoms with Crippen LogP contribution in [0.3, 0.4) is 0 Å². The highest BCUT2D eigenvalue weighted by atomic mass is 32.2. The first-order valence-corrected chi connectivity index (χ1v) is 8.70. The molecule has 3 nitrogen and oxygen atoms in total. The molecule has 1 aliphatic rings. The van der Waals surface area contributed by atoms with Crippen molar-refractivity contribution in [2.45, 2.75) is 24.7 Å². The SMILES string of the molecule is CC.COc1ccc(C2CSc3cc(OC)ccc3C2=O)cc1. The molecule has 0 aromatic heterocycles. The zero-order valence-electron chi connectivity index (χ0n) is 14.0. The van der Waals surface area contributed by atoms with Crippen LogP contribution in [0.25, 0.3) is 0 Å². The number of hydrogen-bond donors (Lipinski definition) is 0. The van der Waals surface area contributed by atoms with Crippen LogP contribution >= 0.6 is 11.8 Å². The van der Waals surface area contributed by atoms with Crippen molar-refractivity contribution in [3.05, 3.63) is 53.6 Å². The topological polar surface area (TPSA) is 35.5 Å². The molecule has 0 bridgehead atoms. The molecule has 122 valence electrons. The van der Waals surface area contributed by atoms with E-state index in [-0.39, 0.29) is 11.7 Å². The lowest BCUT2D eigenvalue weighted by Crippen LogP contribution is -2.20.